The van der Waals surface area contributed by atoms with E-state index in [0.29, 0.717) is 0 Å². The molecule has 0 radical (unpaired) electrons. The minimum absolute atomic E-state index is 0. The molecule has 2 heterocycles. The quantitative estimate of drug-likeness (QED) is 0.289. The second-order valence-corrected chi connectivity index (χ2v) is 7.03. The molecule has 0 aromatic carbocycles. The first-order chi connectivity index (χ1) is 10.7. The number of hydrogen-bond acceptors (Lipinski definition) is 3. The van der Waals surface area contributed by atoms with Crippen LogP contribution in [0.25, 0.3) is 0 Å². The summed E-state index contributed by atoms with van der Waals surface area (Å²) in [5.74, 6) is 1.72. The predicted octanol–water partition coefficient (Wildman–Crippen LogP) is 1.99. The number of aliphatic imine (C=N–C) groups is 1. The van der Waals surface area contributed by atoms with Gasteiger partial charge in [0.15, 0.2) is 5.96 Å². The number of nitrogens with zero attached hydrogens (tertiary/aromatic N) is 3. The lowest BCUT2D eigenvalue weighted by Crippen LogP contribution is -2.42. The molecule has 0 aromatic rings. The molecule has 0 saturated carbocycles. The number of hydrogen-bond donors (Lipinski definition) is 2. The summed E-state index contributed by atoms with van der Waals surface area (Å²) >= 11 is 0. The number of piperidine rings is 1. The van der Waals surface area contributed by atoms with E-state index in [-0.39, 0.29) is 24.0 Å². The number of nitrogens with one attached hydrogen (secondary N) is 2. The van der Waals surface area contributed by atoms with Gasteiger partial charge < -0.3 is 20.4 Å². The van der Waals surface area contributed by atoms with E-state index in [1.807, 2.05) is 7.05 Å². The standard InChI is InChI=1S/C17H35N5.HI/c1-15-7-4-5-10-22(15)11-6-9-19-17(18-2)20-13-16-8-12-21(3)14-16;/h15-16H,4-14H2,1-3H3,(H2,18,19,20);1H. The van der Waals surface area contributed by atoms with Gasteiger partial charge in [0.2, 0.25) is 0 Å². The summed E-state index contributed by atoms with van der Waals surface area (Å²) in [5, 5.41) is 6.94. The lowest BCUT2D eigenvalue weighted by molar-refractivity contribution is 0.159. The van der Waals surface area contributed by atoms with Crippen molar-refractivity contribution in [3.63, 3.8) is 0 Å². The highest BCUT2D eigenvalue weighted by molar-refractivity contribution is 14.0. The van der Waals surface area contributed by atoms with Crippen molar-refractivity contribution in [2.75, 3.05) is 53.4 Å². The third-order valence-electron chi connectivity index (χ3n) is 5.13. The first kappa shape index (κ1) is 21.0. The van der Waals surface area contributed by atoms with Crippen LogP contribution < -0.4 is 10.6 Å². The first-order valence-corrected chi connectivity index (χ1v) is 9.06. The van der Waals surface area contributed by atoms with E-state index >= 15 is 0 Å². The summed E-state index contributed by atoms with van der Waals surface area (Å²) in [7, 11) is 4.07. The minimum atomic E-state index is 0. The van der Waals surface area contributed by atoms with E-state index in [1.54, 1.807) is 0 Å². The normalized spacial score (nSPS) is 26.8. The van der Waals surface area contributed by atoms with Crippen LogP contribution in [0.1, 0.15) is 39.0 Å². The van der Waals surface area contributed by atoms with Crippen molar-refractivity contribution in [2.45, 2.75) is 45.1 Å². The zero-order chi connectivity index (χ0) is 15.8. The number of guanidine groups is 1. The molecule has 0 aromatic heterocycles. The van der Waals surface area contributed by atoms with Crippen molar-refractivity contribution in [3.8, 4) is 0 Å². The van der Waals surface area contributed by atoms with Crippen LogP contribution in [0.2, 0.25) is 0 Å². The van der Waals surface area contributed by atoms with Gasteiger partial charge in [0, 0.05) is 39.3 Å². The van der Waals surface area contributed by atoms with E-state index in [1.165, 1.54) is 58.3 Å². The zero-order valence-corrected chi connectivity index (χ0v) is 17.5. The van der Waals surface area contributed by atoms with Gasteiger partial charge in [-0.2, -0.15) is 0 Å². The van der Waals surface area contributed by atoms with Crippen LogP contribution in [0, 0.1) is 5.92 Å². The van der Waals surface area contributed by atoms with E-state index in [9.17, 15) is 0 Å². The van der Waals surface area contributed by atoms with Gasteiger partial charge in [0.05, 0.1) is 0 Å². The molecule has 5 nitrogen and oxygen atoms in total. The Morgan fingerprint density at radius 1 is 1.17 bits per heavy atom. The molecular weight excluding hydrogens is 401 g/mol. The molecule has 136 valence electrons. The third-order valence-corrected chi connectivity index (χ3v) is 5.13. The maximum atomic E-state index is 4.33. The Labute approximate surface area is 159 Å². The van der Waals surface area contributed by atoms with Crippen molar-refractivity contribution in [2.24, 2.45) is 10.9 Å². The lowest BCUT2D eigenvalue weighted by Gasteiger charge is -2.33. The van der Waals surface area contributed by atoms with Gasteiger partial charge in [-0.3, -0.25) is 4.99 Å². The fourth-order valence-corrected chi connectivity index (χ4v) is 3.63. The van der Waals surface area contributed by atoms with Crippen molar-refractivity contribution < 1.29 is 0 Å². The third kappa shape index (κ3) is 7.56. The molecule has 0 amide bonds. The van der Waals surface area contributed by atoms with E-state index in [0.717, 1.165) is 31.0 Å². The Kier molecular flexibility index (Phi) is 10.5. The number of rotatable bonds is 6. The molecule has 6 heteroatoms. The van der Waals surface area contributed by atoms with Gasteiger partial charge in [-0.05, 0) is 58.7 Å². The largest absolute Gasteiger partial charge is 0.356 e. The van der Waals surface area contributed by atoms with Gasteiger partial charge in [-0.25, -0.2) is 0 Å². The summed E-state index contributed by atoms with van der Waals surface area (Å²) < 4.78 is 0. The zero-order valence-electron chi connectivity index (χ0n) is 15.2. The summed E-state index contributed by atoms with van der Waals surface area (Å²) in [5.41, 5.74) is 0. The Bertz CT molecular complexity index is 350. The average molecular weight is 437 g/mol. The van der Waals surface area contributed by atoms with E-state index in [2.05, 4.69) is 39.4 Å². The molecule has 0 aliphatic carbocycles. The Balaban J connectivity index is 0.00000264. The highest BCUT2D eigenvalue weighted by Gasteiger charge is 2.19. The molecular formula is C17H36IN5. The van der Waals surface area contributed by atoms with Crippen molar-refractivity contribution in [3.05, 3.63) is 0 Å². The average Bonchev–Trinajstić information content (AvgIpc) is 2.94. The summed E-state index contributed by atoms with van der Waals surface area (Å²) in [6, 6.07) is 0.769. The van der Waals surface area contributed by atoms with Crippen molar-refractivity contribution in [1.82, 2.24) is 20.4 Å². The highest BCUT2D eigenvalue weighted by Crippen LogP contribution is 2.16. The fraction of sp³-hybridized carbons (Fsp3) is 0.941. The van der Waals surface area contributed by atoms with Gasteiger partial charge in [0.1, 0.15) is 0 Å². The highest BCUT2D eigenvalue weighted by atomic mass is 127. The Morgan fingerprint density at radius 3 is 2.65 bits per heavy atom. The lowest BCUT2D eigenvalue weighted by atomic mass is 10.0. The molecule has 2 aliphatic rings. The second kappa shape index (κ2) is 11.5. The summed E-state index contributed by atoms with van der Waals surface area (Å²) in [6.45, 7) is 9.33. The number of halogens is 1. The Morgan fingerprint density at radius 2 is 2.00 bits per heavy atom. The second-order valence-electron chi connectivity index (χ2n) is 7.03. The van der Waals surface area contributed by atoms with Crippen LogP contribution in [-0.4, -0.2) is 75.2 Å². The minimum Gasteiger partial charge on any atom is -0.356 e. The maximum Gasteiger partial charge on any atom is 0.190 e. The van der Waals surface area contributed by atoms with Crippen LogP contribution in [-0.2, 0) is 0 Å². The van der Waals surface area contributed by atoms with E-state index < -0.39 is 0 Å². The maximum absolute atomic E-state index is 4.33. The van der Waals surface area contributed by atoms with Crippen LogP contribution in [0.15, 0.2) is 4.99 Å². The molecule has 2 rings (SSSR count). The van der Waals surface area contributed by atoms with Crippen molar-refractivity contribution in [1.29, 1.82) is 0 Å². The molecule has 2 aliphatic heterocycles. The molecule has 0 spiro atoms. The molecule has 2 N–H and O–H groups in total. The molecule has 23 heavy (non-hydrogen) atoms. The SMILES string of the molecule is CN=C(NCCCN1CCCCC1C)NCC1CCN(C)C1.I. The topological polar surface area (TPSA) is 42.9 Å². The monoisotopic (exact) mass is 437 g/mol. The van der Waals surface area contributed by atoms with Crippen LogP contribution in [0.3, 0.4) is 0 Å². The smallest absolute Gasteiger partial charge is 0.190 e. The van der Waals surface area contributed by atoms with Crippen LogP contribution in [0.4, 0.5) is 0 Å². The number of likely N-dealkylation sites (tertiary alicyclic amines) is 2. The molecule has 2 atom stereocenters. The first-order valence-electron chi connectivity index (χ1n) is 9.06. The predicted molar refractivity (Wildman–Crippen MR) is 110 cm³/mol. The van der Waals surface area contributed by atoms with Gasteiger partial charge in [0.25, 0.3) is 0 Å². The molecule has 0 bridgehead atoms. The Hall–Kier alpha value is -0.0800. The van der Waals surface area contributed by atoms with Gasteiger partial charge >= 0.3 is 0 Å². The van der Waals surface area contributed by atoms with Gasteiger partial charge in [-0.15, -0.1) is 24.0 Å². The van der Waals surface area contributed by atoms with Crippen molar-refractivity contribution >= 4 is 29.9 Å². The molecule has 2 saturated heterocycles. The molecule has 2 fully saturated rings. The van der Waals surface area contributed by atoms with Crippen LogP contribution >= 0.6 is 24.0 Å². The molecule has 2 unspecified atom stereocenters. The summed E-state index contributed by atoms with van der Waals surface area (Å²) in [6.07, 6.45) is 6.64. The van der Waals surface area contributed by atoms with Crippen LogP contribution in [0.5, 0.6) is 0 Å². The van der Waals surface area contributed by atoms with E-state index in [4.69, 9.17) is 0 Å². The summed E-state index contributed by atoms with van der Waals surface area (Å²) in [4.78, 5) is 9.37. The fourth-order valence-electron chi connectivity index (χ4n) is 3.63. The van der Waals surface area contributed by atoms with Gasteiger partial charge in [-0.1, -0.05) is 6.42 Å².